The van der Waals surface area contributed by atoms with Crippen molar-refractivity contribution >= 4 is 18.7 Å². The third-order valence-corrected chi connectivity index (χ3v) is 13.2. The number of aromatic amines is 1. The summed E-state index contributed by atoms with van der Waals surface area (Å²) in [4.78, 5) is 28.5. The summed E-state index contributed by atoms with van der Waals surface area (Å²) >= 11 is 0. The van der Waals surface area contributed by atoms with Gasteiger partial charge < -0.3 is 9.16 Å². The lowest BCUT2D eigenvalue weighted by atomic mass is 10.0. The first-order valence-electron chi connectivity index (χ1n) is 14.6. The van der Waals surface area contributed by atoms with Gasteiger partial charge in [0.15, 0.2) is 0 Å². The van der Waals surface area contributed by atoms with Crippen LogP contribution < -0.4 is 21.6 Å². The molecule has 0 aliphatic carbocycles. The summed E-state index contributed by atoms with van der Waals surface area (Å²) in [7, 11) is -2.71. The summed E-state index contributed by atoms with van der Waals surface area (Å²) < 4.78 is 15.4. The fraction of sp³-hybridized carbons (Fsp3) is 0.353. The van der Waals surface area contributed by atoms with Gasteiger partial charge in [0.05, 0.1) is 12.7 Å². The number of nitrogens with zero attached hydrogens (tertiary/aromatic N) is 1. The van der Waals surface area contributed by atoms with E-state index in [1.165, 1.54) is 10.4 Å². The maximum absolute atomic E-state index is 13.2. The molecule has 3 aromatic carbocycles. The first kappa shape index (κ1) is 29.0. The van der Waals surface area contributed by atoms with Crippen molar-refractivity contribution in [2.75, 3.05) is 6.61 Å². The molecule has 2 heterocycles. The molecule has 0 bridgehead atoms. The Morgan fingerprint density at radius 1 is 0.878 bits per heavy atom. The molecular formula is C34H40N2O4Si. The van der Waals surface area contributed by atoms with Crippen molar-refractivity contribution < 1.29 is 9.16 Å². The first-order valence-corrected chi connectivity index (χ1v) is 16.5. The fourth-order valence-corrected chi connectivity index (χ4v) is 10.9. The van der Waals surface area contributed by atoms with Gasteiger partial charge in [0, 0.05) is 17.7 Å². The highest BCUT2D eigenvalue weighted by Gasteiger charge is 2.50. The Labute approximate surface area is 243 Å². The molecule has 214 valence electrons. The van der Waals surface area contributed by atoms with E-state index in [1.807, 2.05) is 49.4 Å². The zero-order valence-corrected chi connectivity index (χ0v) is 25.4. The number of ether oxygens (including phenoxy) is 1. The van der Waals surface area contributed by atoms with Gasteiger partial charge in [-0.15, -0.1) is 0 Å². The van der Waals surface area contributed by atoms with E-state index in [2.05, 4.69) is 74.3 Å². The SMILES string of the molecule is CCc1c(Cc2ccccc2)n([C@@H]2CC[C@@H](CO[Si](c3ccccc3)(c3ccccc3)C(C)(C)C)O2)c(=O)[nH]c1=O. The Morgan fingerprint density at radius 3 is 1.98 bits per heavy atom. The van der Waals surface area contributed by atoms with Crippen molar-refractivity contribution in [3.05, 3.63) is 129 Å². The number of H-pyrrole nitrogens is 1. The van der Waals surface area contributed by atoms with Crippen LogP contribution in [-0.4, -0.2) is 30.6 Å². The van der Waals surface area contributed by atoms with Crippen LogP contribution >= 0.6 is 0 Å². The lowest BCUT2D eigenvalue weighted by Gasteiger charge is -2.43. The van der Waals surface area contributed by atoms with Crippen molar-refractivity contribution in [1.29, 1.82) is 0 Å². The molecule has 7 heteroatoms. The van der Waals surface area contributed by atoms with Gasteiger partial charge in [-0.05, 0) is 40.2 Å². The average Bonchev–Trinajstić information content (AvgIpc) is 3.43. The second-order valence-electron chi connectivity index (χ2n) is 11.8. The molecule has 1 N–H and O–H groups in total. The van der Waals surface area contributed by atoms with Crippen LogP contribution in [-0.2, 0) is 22.0 Å². The maximum atomic E-state index is 13.2. The summed E-state index contributed by atoms with van der Waals surface area (Å²) in [5.74, 6) is 0. The van der Waals surface area contributed by atoms with Crippen LogP contribution in [0.2, 0.25) is 5.04 Å². The molecule has 4 aromatic rings. The van der Waals surface area contributed by atoms with Crippen LogP contribution in [0.15, 0.2) is 101 Å². The van der Waals surface area contributed by atoms with Crippen molar-refractivity contribution in [1.82, 2.24) is 9.55 Å². The third kappa shape index (κ3) is 5.80. The standard InChI is InChI=1S/C34H40N2O4Si/c1-5-29-30(23-25-15-9-6-10-16-25)36(33(38)35-32(29)37)31-22-21-26(40-31)24-39-41(34(2,3)4,27-17-11-7-12-18-27)28-19-13-8-14-20-28/h6-20,26,31H,5,21-24H2,1-4H3,(H,35,37,38)/t26-,31-/m0/s1. The highest BCUT2D eigenvalue weighted by atomic mass is 28.4. The van der Waals surface area contributed by atoms with Crippen molar-refractivity contribution in [2.24, 2.45) is 0 Å². The Hall–Kier alpha value is -3.52. The largest absolute Gasteiger partial charge is 0.405 e. The Morgan fingerprint density at radius 2 is 1.44 bits per heavy atom. The molecule has 6 nitrogen and oxygen atoms in total. The minimum Gasteiger partial charge on any atom is -0.405 e. The van der Waals surface area contributed by atoms with E-state index in [-0.39, 0.29) is 16.7 Å². The molecule has 41 heavy (non-hydrogen) atoms. The van der Waals surface area contributed by atoms with Crippen LogP contribution in [0.1, 0.15) is 63.6 Å². The van der Waals surface area contributed by atoms with Crippen LogP contribution in [0.5, 0.6) is 0 Å². The minimum atomic E-state index is -2.71. The monoisotopic (exact) mass is 568 g/mol. The van der Waals surface area contributed by atoms with Gasteiger partial charge in [-0.2, -0.15) is 0 Å². The Kier molecular flexibility index (Phi) is 8.59. The van der Waals surface area contributed by atoms with Crippen LogP contribution in [0.4, 0.5) is 0 Å². The number of nitrogens with one attached hydrogen (secondary N) is 1. The van der Waals surface area contributed by atoms with Gasteiger partial charge in [0.2, 0.25) is 0 Å². The fourth-order valence-electron chi connectivity index (χ4n) is 6.26. The number of benzene rings is 3. The van der Waals surface area contributed by atoms with Gasteiger partial charge in [-0.3, -0.25) is 14.3 Å². The number of aromatic nitrogens is 2. The summed E-state index contributed by atoms with van der Waals surface area (Å²) in [5.41, 5.74) is 1.67. The molecule has 1 aromatic heterocycles. The molecule has 1 saturated heterocycles. The summed E-state index contributed by atoms with van der Waals surface area (Å²) in [6, 6.07) is 31.1. The molecule has 2 atom stereocenters. The normalized spacial score (nSPS) is 17.6. The molecular weight excluding hydrogens is 528 g/mol. The van der Waals surface area contributed by atoms with E-state index in [4.69, 9.17) is 9.16 Å². The lowest BCUT2D eigenvalue weighted by Crippen LogP contribution is -2.67. The number of rotatable bonds is 9. The van der Waals surface area contributed by atoms with Crippen molar-refractivity contribution in [2.45, 2.75) is 70.7 Å². The smallest absolute Gasteiger partial charge is 0.330 e. The number of hydrogen-bond donors (Lipinski definition) is 1. The molecule has 1 fully saturated rings. The highest BCUT2D eigenvalue weighted by Crippen LogP contribution is 2.38. The van der Waals surface area contributed by atoms with Gasteiger partial charge in [0.1, 0.15) is 6.23 Å². The topological polar surface area (TPSA) is 73.3 Å². The molecule has 1 aliphatic heterocycles. The molecule has 0 amide bonds. The van der Waals surface area contributed by atoms with Gasteiger partial charge in [-0.25, -0.2) is 4.79 Å². The van der Waals surface area contributed by atoms with Crippen molar-refractivity contribution in [3.63, 3.8) is 0 Å². The Bertz CT molecular complexity index is 1520. The van der Waals surface area contributed by atoms with Gasteiger partial charge >= 0.3 is 5.69 Å². The lowest BCUT2D eigenvalue weighted by molar-refractivity contribution is -0.0228. The molecule has 5 rings (SSSR count). The predicted molar refractivity (Wildman–Crippen MR) is 167 cm³/mol. The van der Waals surface area contributed by atoms with Crippen LogP contribution in [0, 0.1) is 0 Å². The second kappa shape index (κ2) is 12.1. The van der Waals surface area contributed by atoms with Gasteiger partial charge in [-0.1, -0.05) is 119 Å². The molecule has 0 unspecified atom stereocenters. The summed E-state index contributed by atoms with van der Waals surface area (Å²) in [5, 5.41) is 2.31. The molecule has 0 spiro atoms. The van der Waals surface area contributed by atoms with E-state index >= 15 is 0 Å². The summed E-state index contributed by atoms with van der Waals surface area (Å²) in [6.45, 7) is 9.17. The average molecular weight is 569 g/mol. The predicted octanol–water partition coefficient (Wildman–Crippen LogP) is 4.94. The van der Waals surface area contributed by atoms with Crippen LogP contribution in [0.3, 0.4) is 0 Å². The van der Waals surface area contributed by atoms with E-state index < -0.39 is 20.2 Å². The minimum absolute atomic E-state index is 0.136. The first-order chi connectivity index (χ1) is 19.7. The summed E-state index contributed by atoms with van der Waals surface area (Å²) in [6.07, 6.45) is 1.83. The second-order valence-corrected chi connectivity index (χ2v) is 16.1. The zero-order valence-electron chi connectivity index (χ0n) is 24.4. The third-order valence-electron chi connectivity index (χ3n) is 8.20. The van der Waals surface area contributed by atoms with E-state index in [0.29, 0.717) is 31.4 Å². The molecule has 0 radical (unpaired) electrons. The quantitative estimate of drug-likeness (QED) is 0.290. The highest BCUT2D eigenvalue weighted by molar-refractivity contribution is 6.99. The van der Waals surface area contributed by atoms with E-state index in [0.717, 1.165) is 17.7 Å². The Balaban J connectivity index is 1.45. The maximum Gasteiger partial charge on any atom is 0.330 e. The van der Waals surface area contributed by atoms with E-state index in [9.17, 15) is 9.59 Å². The van der Waals surface area contributed by atoms with Gasteiger partial charge in [0.25, 0.3) is 13.9 Å². The molecule has 1 aliphatic rings. The van der Waals surface area contributed by atoms with Crippen molar-refractivity contribution in [3.8, 4) is 0 Å². The molecule has 0 saturated carbocycles. The zero-order chi connectivity index (χ0) is 29.0. The van der Waals surface area contributed by atoms with Crippen LogP contribution in [0.25, 0.3) is 0 Å². The number of hydrogen-bond acceptors (Lipinski definition) is 4. The van der Waals surface area contributed by atoms with E-state index in [1.54, 1.807) is 4.57 Å².